The van der Waals surface area contributed by atoms with Crippen molar-refractivity contribution in [1.82, 2.24) is 0 Å². The lowest BCUT2D eigenvalue weighted by molar-refractivity contribution is -0.966. The number of rotatable bonds is 2. The van der Waals surface area contributed by atoms with Crippen LogP contribution in [0.3, 0.4) is 0 Å². The molecule has 1 aliphatic carbocycles. The van der Waals surface area contributed by atoms with E-state index in [0.29, 0.717) is 5.54 Å². The zero-order valence-electron chi connectivity index (χ0n) is 10.4. The Labute approximate surface area is 94.2 Å². The number of hydrogen-bond acceptors (Lipinski definition) is 0. The van der Waals surface area contributed by atoms with E-state index >= 15 is 0 Å². The Morgan fingerprint density at radius 2 is 1.73 bits per heavy atom. The SMILES string of the molecule is CC1CC[NH+](C2(C[NH3+])CCCCC2)CC1. The fraction of sp³-hybridized carbons (Fsp3) is 1.00. The Balaban J connectivity index is 1.98. The van der Waals surface area contributed by atoms with E-state index in [9.17, 15) is 0 Å². The summed E-state index contributed by atoms with van der Waals surface area (Å²) in [5.41, 5.74) is 4.84. The Kier molecular flexibility index (Phi) is 3.68. The van der Waals surface area contributed by atoms with Crippen LogP contribution in [0.4, 0.5) is 0 Å². The minimum atomic E-state index is 0.582. The second-order valence-corrected chi connectivity index (χ2v) is 5.88. The molecule has 1 saturated heterocycles. The summed E-state index contributed by atoms with van der Waals surface area (Å²) in [5, 5.41) is 0. The molecule has 4 N–H and O–H groups in total. The van der Waals surface area contributed by atoms with E-state index in [4.69, 9.17) is 0 Å². The van der Waals surface area contributed by atoms with Gasteiger partial charge in [0.25, 0.3) is 0 Å². The van der Waals surface area contributed by atoms with Crippen LogP contribution in [-0.2, 0) is 0 Å². The molecule has 88 valence electrons. The van der Waals surface area contributed by atoms with Crippen LogP contribution in [0, 0.1) is 5.92 Å². The molecule has 2 aliphatic rings. The Morgan fingerprint density at radius 3 is 2.27 bits per heavy atom. The lowest BCUT2D eigenvalue weighted by atomic mass is 9.79. The number of quaternary nitrogens is 2. The molecule has 0 amide bonds. The van der Waals surface area contributed by atoms with E-state index < -0.39 is 0 Å². The van der Waals surface area contributed by atoms with Gasteiger partial charge >= 0.3 is 0 Å². The average molecular weight is 212 g/mol. The fourth-order valence-corrected chi connectivity index (χ4v) is 3.65. The number of hydrogen-bond donors (Lipinski definition) is 2. The number of piperidine rings is 1. The Morgan fingerprint density at radius 1 is 1.13 bits per heavy atom. The van der Waals surface area contributed by atoms with Gasteiger partial charge in [0.2, 0.25) is 0 Å². The maximum Gasteiger partial charge on any atom is 0.147 e. The van der Waals surface area contributed by atoms with E-state index in [-0.39, 0.29) is 0 Å². The van der Waals surface area contributed by atoms with Crippen molar-refractivity contribution in [2.75, 3.05) is 19.6 Å². The van der Waals surface area contributed by atoms with Crippen LogP contribution in [0.5, 0.6) is 0 Å². The highest BCUT2D eigenvalue weighted by atomic mass is 15.2. The highest BCUT2D eigenvalue weighted by Gasteiger charge is 2.43. The first-order valence-electron chi connectivity index (χ1n) is 6.91. The molecule has 15 heavy (non-hydrogen) atoms. The lowest BCUT2D eigenvalue weighted by Gasteiger charge is -2.43. The minimum absolute atomic E-state index is 0.582. The van der Waals surface area contributed by atoms with Crippen LogP contribution in [0.1, 0.15) is 51.9 Å². The van der Waals surface area contributed by atoms with Crippen LogP contribution in [0.25, 0.3) is 0 Å². The van der Waals surface area contributed by atoms with E-state index in [1.807, 2.05) is 4.90 Å². The Bertz CT molecular complexity index is 189. The smallest absolute Gasteiger partial charge is 0.147 e. The minimum Gasteiger partial charge on any atom is -0.352 e. The molecular formula is C13H28N2+2. The van der Waals surface area contributed by atoms with Gasteiger partial charge in [0.15, 0.2) is 0 Å². The highest BCUT2D eigenvalue weighted by Crippen LogP contribution is 2.25. The van der Waals surface area contributed by atoms with Crippen molar-refractivity contribution in [2.24, 2.45) is 5.92 Å². The van der Waals surface area contributed by atoms with Crippen molar-refractivity contribution in [3.05, 3.63) is 0 Å². The van der Waals surface area contributed by atoms with Gasteiger partial charge in [-0.15, -0.1) is 0 Å². The molecule has 0 atom stereocenters. The van der Waals surface area contributed by atoms with Gasteiger partial charge in [0, 0.05) is 12.8 Å². The first-order chi connectivity index (χ1) is 7.27. The molecule has 0 aromatic carbocycles. The molecule has 1 heterocycles. The fourth-order valence-electron chi connectivity index (χ4n) is 3.65. The predicted octanol–water partition coefficient (Wildman–Crippen LogP) is 0.246. The maximum absolute atomic E-state index is 4.25. The topological polar surface area (TPSA) is 32.1 Å². The molecular weight excluding hydrogens is 184 g/mol. The zero-order chi connectivity index (χ0) is 10.7. The van der Waals surface area contributed by atoms with E-state index in [2.05, 4.69) is 12.7 Å². The van der Waals surface area contributed by atoms with Crippen molar-refractivity contribution in [2.45, 2.75) is 57.4 Å². The van der Waals surface area contributed by atoms with Gasteiger partial charge in [-0.2, -0.15) is 0 Å². The molecule has 2 rings (SSSR count). The van der Waals surface area contributed by atoms with Crippen LogP contribution >= 0.6 is 0 Å². The molecule has 1 aliphatic heterocycles. The molecule has 2 nitrogen and oxygen atoms in total. The molecule has 0 radical (unpaired) electrons. The van der Waals surface area contributed by atoms with Crippen molar-refractivity contribution in [1.29, 1.82) is 0 Å². The van der Waals surface area contributed by atoms with Gasteiger partial charge < -0.3 is 10.6 Å². The maximum atomic E-state index is 4.25. The van der Waals surface area contributed by atoms with Crippen molar-refractivity contribution in [3.8, 4) is 0 Å². The summed E-state index contributed by atoms with van der Waals surface area (Å²) in [6, 6.07) is 0. The lowest BCUT2D eigenvalue weighted by Crippen LogP contribution is -3.23. The third-order valence-electron chi connectivity index (χ3n) is 4.92. The van der Waals surface area contributed by atoms with Gasteiger partial charge in [0.1, 0.15) is 12.1 Å². The van der Waals surface area contributed by atoms with Crippen molar-refractivity contribution >= 4 is 0 Å². The summed E-state index contributed by atoms with van der Waals surface area (Å²) in [7, 11) is 0. The predicted molar refractivity (Wildman–Crippen MR) is 62.7 cm³/mol. The molecule has 2 fully saturated rings. The molecule has 2 heteroatoms. The van der Waals surface area contributed by atoms with Gasteiger partial charge in [-0.25, -0.2) is 0 Å². The molecule has 0 aromatic heterocycles. The Hall–Kier alpha value is -0.0800. The van der Waals surface area contributed by atoms with Crippen LogP contribution in [0.15, 0.2) is 0 Å². The third kappa shape index (κ3) is 2.36. The summed E-state index contributed by atoms with van der Waals surface area (Å²) in [5.74, 6) is 0.971. The van der Waals surface area contributed by atoms with Crippen molar-refractivity contribution in [3.63, 3.8) is 0 Å². The second kappa shape index (κ2) is 4.84. The van der Waals surface area contributed by atoms with Crippen LogP contribution in [-0.4, -0.2) is 25.2 Å². The monoisotopic (exact) mass is 212 g/mol. The zero-order valence-corrected chi connectivity index (χ0v) is 10.4. The van der Waals surface area contributed by atoms with Gasteiger partial charge in [-0.05, 0) is 31.6 Å². The number of likely N-dealkylation sites (tertiary alicyclic amines) is 1. The molecule has 0 unspecified atom stereocenters. The van der Waals surface area contributed by atoms with Gasteiger partial charge in [0.05, 0.1) is 13.1 Å². The molecule has 1 saturated carbocycles. The van der Waals surface area contributed by atoms with E-state index in [1.165, 1.54) is 58.0 Å². The largest absolute Gasteiger partial charge is 0.352 e. The summed E-state index contributed by atoms with van der Waals surface area (Å²) < 4.78 is 0. The number of nitrogens with one attached hydrogen (secondary N) is 1. The first kappa shape index (κ1) is 11.4. The average Bonchev–Trinajstić information content (AvgIpc) is 2.31. The van der Waals surface area contributed by atoms with Crippen molar-refractivity contribution < 1.29 is 10.6 Å². The van der Waals surface area contributed by atoms with E-state index in [1.54, 1.807) is 0 Å². The summed E-state index contributed by atoms with van der Waals surface area (Å²) >= 11 is 0. The van der Waals surface area contributed by atoms with Crippen LogP contribution in [0.2, 0.25) is 0 Å². The molecule has 0 bridgehead atoms. The van der Waals surface area contributed by atoms with Gasteiger partial charge in [-0.1, -0.05) is 13.3 Å². The standard InChI is InChI=1S/C13H26N2/c1-12-5-9-15(10-6-12)13(11-14)7-3-2-4-8-13/h12H,2-11,14H2,1H3/p+2. The second-order valence-electron chi connectivity index (χ2n) is 5.88. The third-order valence-corrected chi connectivity index (χ3v) is 4.92. The summed E-state index contributed by atoms with van der Waals surface area (Å²) in [6.07, 6.45) is 10.1. The highest BCUT2D eigenvalue weighted by molar-refractivity contribution is 4.82. The molecule has 0 spiro atoms. The summed E-state index contributed by atoms with van der Waals surface area (Å²) in [4.78, 5) is 1.90. The van der Waals surface area contributed by atoms with E-state index in [0.717, 1.165) is 12.5 Å². The molecule has 0 aromatic rings. The first-order valence-corrected chi connectivity index (χ1v) is 6.91. The van der Waals surface area contributed by atoms with Crippen LogP contribution < -0.4 is 10.6 Å². The summed E-state index contributed by atoms with van der Waals surface area (Å²) in [6.45, 7) is 6.40. The normalized spacial score (nSPS) is 36.4. The quantitative estimate of drug-likeness (QED) is 0.657. The van der Waals surface area contributed by atoms with Gasteiger partial charge in [-0.3, -0.25) is 0 Å².